The van der Waals surface area contributed by atoms with Crippen LogP contribution < -0.4 is 10.2 Å². The van der Waals surface area contributed by atoms with E-state index in [0.717, 1.165) is 42.7 Å². The van der Waals surface area contributed by atoms with Gasteiger partial charge in [-0.1, -0.05) is 0 Å². The van der Waals surface area contributed by atoms with Gasteiger partial charge in [-0.2, -0.15) is 0 Å². The van der Waals surface area contributed by atoms with Crippen LogP contribution in [0.3, 0.4) is 0 Å². The average molecular weight is 272 g/mol. The van der Waals surface area contributed by atoms with E-state index in [1.165, 1.54) is 0 Å². The maximum atomic E-state index is 4.31. The predicted octanol–water partition coefficient (Wildman–Crippen LogP) is 1.82. The average Bonchev–Trinajstić information content (AvgIpc) is 2.44. The third-order valence-corrected chi connectivity index (χ3v) is 2.99. The van der Waals surface area contributed by atoms with Crippen molar-refractivity contribution in [3.05, 3.63) is 36.2 Å². The molecule has 2 rings (SSSR count). The summed E-state index contributed by atoms with van der Waals surface area (Å²) in [5.41, 5.74) is 1.94. The van der Waals surface area contributed by atoms with E-state index in [-0.39, 0.29) is 0 Å². The van der Waals surface area contributed by atoms with E-state index in [1.54, 1.807) is 12.7 Å². The molecule has 6 heteroatoms. The van der Waals surface area contributed by atoms with Crippen molar-refractivity contribution in [1.29, 1.82) is 0 Å². The van der Waals surface area contributed by atoms with E-state index < -0.39 is 0 Å². The number of nitrogens with zero attached hydrogens (tertiary/aromatic N) is 5. The van der Waals surface area contributed by atoms with Crippen molar-refractivity contribution in [2.75, 3.05) is 29.9 Å². The predicted molar refractivity (Wildman–Crippen MR) is 79.9 cm³/mol. The van der Waals surface area contributed by atoms with Crippen LogP contribution in [-0.2, 0) is 0 Å². The van der Waals surface area contributed by atoms with E-state index in [1.807, 2.05) is 26.0 Å². The molecule has 0 fully saturated rings. The smallest absolute Gasteiger partial charge is 0.132 e. The zero-order valence-corrected chi connectivity index (χ0v) is 12.2. The molecular weight excluding hydrogens is 252 g/mol. The van der Waals surface area contributed by atoms with Gasteiger partial charge in [0.05, 0.1) is 0 Å². The Hall–Kier alpha value is -2.24. The van der Waals surface area contributed by atoms with E-state index >= 15 is 0 Å². The van der Waals surface area contributed by atoms with Gasteiger partial charge < -0.3 is 10.2 Å². The van der Waals surface area contributed by atoms with Gasteiger partial charge in [0.2, 0.25) is 0 Å². The summed E-state index contributed by atoms with van der Waals surface area (Å²) in [6.07, 6.45) is 3.18. The van der Waals surface area contributed by atoms with Crippen LogP contribution in [0.4, 0.5) is 11.6 Å². The van der Waals surface area contributed by atoms with Gasteiger partial charge in [0.25, 0.3) is 0 Å². The lowest BCUT2D eigenvalue weighted by Gasteiger charge is -2.22. The fourth-order valence-corrected chi connectivity index (χ4v) is 1.92. The summed E-state index contributed by atoms with van der Waals surface area (Å²) in [5, 5.41) is 3.30. The Morgan fingerprint density at radius 2 is 1.70 bits per heavy atom. The van der Waals surface area contributed by atoms with E-state index in [9.17, 15) is 0 Å². The number of rotatable bonds is 6. The summed E-state index contributed by atoms with van der Waals surface area (Å²) in [6, 6.07) is 3.93. The van der Waals surface area contributed by atoms with Crippen molar-refractivity contribution >= 4 is 11.6 Å². The standard InChI is InChI=1S/C14H20N6/c1-4-20(14-8-12(3)17-10-19-14)6-5-15-13-7-11(2)16-9-18-13/h7-10H,4-6H2,1-3H3,(H,15,16,18). The van der Waals surface area contributed by atoms with Crippen LogP contribution in [0.15, 0.2) is 24.8 Å². The first-order valence-electron chi connectivity index (χ1n) is 6.75. The molecule has 106 valence electrons. The molecule has 0 saturated heterocycles. The number of anilines is 2. The number of hydrogen-bond acceptors (Lipinski definition) is 6. The Morgan fingerprint density at radius 3 is 2.35 bits per heavy atom. The fraction of sp³-hybridized carbons (Fsp3) is 0.429. The second-order valence-electron chi connectivity index (χ2n) is 4.57. The molecule has 0 atom stereocenters. The van der Waals surface area contributed by atoms with Crippen molar-refractivity contribution in [1.82, 2.24) is 19.9 Å². The van der Waals surface area contributed by atoms with Crippen molar-refractivity contribution in [3.63, 3.8) is 0 Å². The zero-order valence-electron chi connectivity index (χ0n) is 12.2. The normalized spacial score (nSPS) is 10.3. The molecule has 0 aliphatic heterocycles. The van der Waals surface area contributed by atoms with Gasteiger partial charge in [-0.05, 0) is 20.8 Å². The summed E-state index contributed by atoms with van der Waals surface area (Å²) in [6.45, 7) is 8.60. The Bertz CT molecular complexity index is 557. The van der Waals surface area contributed by atoms with Gasteiger partial charge in [0.1, 0.15) is 24.3 Å². The highest BCUT2D eigenvalue weighted by atomic mass is 15.2. The Labute approximate surface area is 119 Å². The largest absolute Gasteiger partial charge is 0.368 e. The van der Waals surface area contributed by atoms with Crippen molar-refractivity contribution in [3.8, 4) is 0 Å². The third-order valence-electron chi connectivity index (χ3n) is 2.99. The van der Waals surface area contributed by atoms with Gasteiger partial charge >= 0.3 is 0 Å². The van der Waals surface area contributed by atoms with Crippen molar-refractivity contribution < 1.29 is 0 Å². The van der Waals surface area contributed by atoms with Gasteiger partial charge in [-0.3, -0.25) is 0 Å². The molecule has 0 amide bonds. The van der Waals surface area contributed by atoms with Crippen LogP contribution in [0.2, 0.25) is 0 Å². The van der Waals surface area contributed by atoms with Gasteiger partial charge in [-0.15, -0.1) is 0 Å². The molecule has 1 N–H and O–H groups in total. The zero-order chi connectivity index (χ0) is 14.4. The van der Waals surface area contributed by atoms with Crippen LogP contribution in [0.5, 0.6) is 0 Å². The number of aryl methyl sites for hydroxylation is 2. The topological polar surface area (TPSA) is 66.8 Å². The lowest BCUT2D eigenvalue weighted by molar-refractivity contribution is 0.810. The SMILES string of the molecule is CCN(CCNc1cc(C)ncn1)c1cc(C)ncn1. The monoisotopic (exact) mass is 272 g/mol. The molecule has 0 bridgehead atoms. The quantitative estimate of drug-likeness (QED) is 0.865. The molecule has 2 aromatic rings. The Balaban J connectivity index is 1.91. The molecule has 0 aliphatic rings. The molecule has 0 radical (unpaired) electrons. The van der Waals surface area contributed by atoms with Gasteiger partial charge in [0, 0.05) is 43.2 Å². The Morgan fingerprint density at radius 1 is 1.00 bits per heavy atom. The second kappa shape index (κ2) is 6.79. The number of hydrogen-bond donors (Lipinski definition) is 1. The molecule has 0 saturated carbocycles. The van der Waals surface area contributed by atoms with Crippen LogP contribution in [0.1, 0.15) is 18.3 Å². The maximum Gasteiger partial charge on any atom is 0.132 e. The molecule has 6 nitrogen and oxygen atoms in total. The van der Waals surface area contributed by atoms with Gasteiger partial charge in [0.15, 0.2) is 0 Å². The van der Waals surface area contributed by atoms with Crippen LogP contribution >= 0.6 is 0 Å². The number of aromatic nitrogens is 4. The molecule has 0 aromatic carbocycles. The lowest BCUT2D eigenvalue weighted by atomic mass is 10.3. The van der Waals surface area contributed by atoms with Gasteiger partial charge in [-0.25, -0.2) is 19.9 Å². The maximum absolute atomic E-state index is 4.31. The highest BCUT2D eigenvalue weighted by Gasteiger charge is 2.06. The summed E-state index contributed by atoms with van der Waals surface area (Å²) in [5.74, 6) is 1.81. The molecular formula is C14H20N6. The molecule has 20 heavy (non-hydrogen) atoms. The second-order valence-corrected chi connectivity index (χ2v) is 4.57. The molecule has 2 aromatic heterocycles. The van der Waals surface area contributed by atoms with Crippen LogP contribution in [0.25, 0.3) is 0 Å². The summed E-state index contributed by atoms with van der Waals surface area (Å²) < 4.78 is 0. The Kier molecular flexibility index (Phi) is 4.81. The first-order valence-corrected chi connectivity index (χ1v) is 6.75. The van der Waals surface area contributed by atoms with E-state index in [2.05, 4.69) is 37.1 Å². The third kappa shape index (κ3) is 3.88. The summed E-state index contributed by atoms with van der Waals surface area (Å²) in [4.78, 5) is 18.9. The van der Waals surface area contributed by atoms with Crippen LogP contribution in [0, 0.1) is 13.8 Å². The number of nitrogens with one attached hydrogen (secondary N) is 1. The summed E-state index contributed by atoms with van der Waals surface area (Å²) in [7, 11) is 0. The van der Waals surface area contributed by atoms with Crippen LogP contribution in [-0.4, -0.2) is 39.6 Å². The fourth-order valence-electron chi connectivity index (χ4n) is 1.92. The van der Waals surface area contributed by atoms with Crippen molar-refractivity contribution in [2.24, 2.45) is 0 Å². The first kappa shape index (κ1) is 14.2. The lowest BCUT2D eigenvalue weighted by Crippen LogP contribution is -2.29. The van der Waals surface area contributed by atoms with E-state index in [0.29, 0.717) is 0 Å². The first-order chi connectivity index (χ1) is 9.69. The van der Waals surface area contributed by atoms with E-state index in [4.69, 9.17) is 0 Å². The summed E-state index contributed by atoms with van der Waals surface area (Å²) >= 11 is 0. The molecule has 0 unspecified atom stereocenters. The molecule has 2 heterocycles. The highest BCUT2D eigenvalue weighted by molar-refractivity contribution is 5.40. The van der Waals surface area contributed by atoms with Crippen molar-refractivity contribution in [2.45, 2.75) is 20.8 Å². The molecule has 0 aliphatic carbocycles. The molecule has 0 spiro atoms. The highest BCUT2D eigenvalue weighted by Crippen LogP contribution is 2.10. The minimum absolute atomic E-state index is 0.799. The number of likely N-dealkylation sites (N-methyl/N-ethyl adjacent to an activating group) is 1. The minimum Gasteiger partial charge on any atom is -0.368 e. The minimum atomic E-state index is 0.799.